The van der Waals surface area contributed by atoms with E-state index in [1.807, 2.05) is 6.20 Å². The van der Waals surface area contributed by atoms with Crippen molar-refractivity contribution in [2.45, 2.75) is 39.8 Å². The minimum absolute atomic E-state index is 0.323. The van der Waals surface area contributed by atoms with Gasteiger partial charge in [0.1, 0.15) is 0 Å². The number of aromatic nitrogens is 1. The van der Waals surface area contributed by atoms with Crippen molar-refractivity contribution in [3.8, 4) is 0 Å². The summed E-state index contributed by atoms with van der Waals surface area (Å²) in [6.45, 7) is 9.57. The molecule has 1 atom stereocenters. The minimum atomic E-state index is 0.323. The van der Waals surface area contributed by atoms with Crippen LogP contribution < -0.4 is 10.2 Å². The highest BCUT2D eigenvalue weighted by atomic mass is 15.1. The van der Waals surface area contributed by atoms with Crippen LogP contribution in [-0.2, 0) is 0 Å². The van der Waals surface area contributed by atoms with Gasteiger partial charge in [0.25, 0.3) is 0 Å². The van der Waals surface area contributed by atoms with Crippen molar-refractivity contribution < 1.29 is 0 Å². The summed E-state index contributed by atoms with van der Waals surface area (Å²) in [6.07, 6.45) is 1.95. The molecule has 0 amide bonds. The molecule has 0 bridgehead atoms. The molecule has 0 saturated carbocycles. The Bertz CT molecular complexity index is 305. The lowest BCUT2D eigenvalue weighted by Gasteiger charge is -2.23. The van der Waals surface area contributed by atoms with Crippen LogP contribution in [0.25, 0.3) is 0 Å². The Labute approximate surface area is 98.9 Å². The summed E-state index contributed by atoms with van der Waals surface area (Å²) in [7, 11) is 2.09. The highest BCUT2D eigenvalue weighted by molar-refractivity contribution is 5.44. The van der Waals surface area contributed by atoms with Crippen LogP contribution in [0.1, 0.15) is 39.4 Å². The Kier molecular flexibility index (Phi) is 4.74. The van der Waals surface area contributed by atoms with Crippen LogP contribution in [0.5, 0.6) is 0 Å². The van der Waals surface area contributed by atoms with Gasteiger partial charge >= 0.3 is 0 Å². The molecule has 3 heteroatoms. The number of hydrogen-bond acceptors (Lipinski definition) is 3. The van der Waals surface area contributed by atoms with Gasteiger partial charge in [-0.05, 0) is 39.4 Å². The first-order valence-electron chi connectivity index (χ1n) is 5.98. The first-order chi connectivity index (χ1) is 7.56. The maximum atomic E-state index is 4.50. The number of rotatable bonds is 5. The molecule has 0 aromatic carbocycles. The Morgan fingerprint density at radius 3 is 2.44 bits per heavy atom. The fraction of sp³-hybridized carbons (Fsp3) is 0.615. The van der Waals surface area contributed by atoms with E-state index in [0.29, 0.717) is 12.1 Å². The van der Waals surface area contributed by atoms with Crippen molar-refractivity contribution in [2.24, 2.45) is 0 Å². The number of nitrogens with one attached hydrogen (secondary N) is 1. The second-order valence-electron chi connectivity index (χ2n) is 4.43. The third-order valence-corrected chi connectivity index (χ3v) is 2.91. The summed E-state index contributed by atoms with van der Waals surface area (Å²) >= 11 is 0. The van der Waals surface area contributed by atoms with Crippen LogP contribution in [0, 0.1) is 0 Å². The first kappa shape index (κ1) is 13.0. The van der Waals surface area contributed by atoms with E-state index in [2.05, 4.69) is 62.1 Å². The largest absolute Gasteiger partial charge is 0.371 e. The molecule has 3 nitrogen and oxygen atoms in total. The second-order valence-corrected chi connectivity index (χ2v) is 4.43. The maximum Gasteiger partial charge on any atom is 0.0572 e. The molecule has 0 fully saturated rings. The van der Waals surface area contributed by atoms with E-state index in [1.54, 1.807) is 0 Å². The molecule has 1 rings (SSSR count). The van der Waals surface area contributed by atoms with E-state index in [0.717, 1.165) is 12.2 Å². The first-order valence-corrected chi connectivity index (χ1v) is 5.98. The topological polar surface area (TPSA) is 28.2 Å². The van der Waals surface area contributed by atoms with Gasteiger partial charge in [0, 0.05) is 19.1 Å². The Hall–Kier alpha value is -1.09. The van der Waals surface area contributed by atoms with Gasteiger partial charge < -0.3 is 10.2 Å². The highest BCUT2D eigenvalue weighted by Gasteiger charge is 2.08. The van der Waals surface area contributed by atoms with Crippen molar-refractivity contribution in [3.63, 3.8) is 0 Å². The smallest absolute Gasteiger partial charge is 0.0572 e. The normalized spacial score (nSPS) is 12.9. The summed E-state index contributed by atoms with van der Waals surface area (Å²) in [5.74, 6) is 0. The van der Waals surface area contributed by atoms with Gasteiger partial charge in [-0.1, -0.05) is 6.92 Å². The Morgan fingerprint density at radius 2 is 2.00 bits per heavy atom. The van der Waals surface area contributed by atoms with Gasteiger partial charge in [-0.15, -0.1) is 0 Å². The second kappa shape index (κ2) is 5.85. The molecule has 16 heavy (non-hydrogen) atoms. The molecular weight excluding hydrogens is 198 g/mol. The van der Waals surface area contributed by atoms with Crippen LogP contribution in [0.4, 0.5) is 5.69 Å². The summed E-state index contributed by atoms with van der Waals surface area (Å²) in [5, 5.41) is 3.36. The zero-order valence-corrected chi connectivity index (χ0v) is 11.0. The van der Waals surface area contributed by atoms with Gasteiger partial charge in [-0.3, -0.25) is 4.98 Å². The Balaban J connectivity index is 2.74. The molecular formula is C13H23N3. The fourth-order valence-electron chi connectivity index (χ4n) is 1.57. The average molecular weight is 221 g/mol. The lowest BCUT2D eigenvalue weighted by atomic mass is 10.2. The van der Waals surface area contributed by atoms with Crippen LogP contribution >= 0.6 is 0 Å². The van der Waals surface area contributed by atoms with Crippen molar-refractivity contribution in [1.29, 1.82) is 0 Å². The zero-order valence-electron chi connectivity index (χ0n) is 11.0. The predicted octanol–water partition coefficient (Wildman–Crippen LogP) is 2.60. The molecule has 90 valence electrons. The number of hydrogen-bond donors (Lipinski definition) is 1. The zero-order chi connectivity index (χ0) is 12.1. The average Bonchev–Trinajstić information content (AvgIpc) is 2.28. The summed E-state index contributed by atoms with van der Waals surface area (Å²) in [6, 6.07) is 5.06. The number of pyridine rings is 1. The van der Waals surface area contributed by atoms with E-state index >= 15 is 0 Å². The third-order valence-electron chi connectivity index (χ3n) is 2.91. The molecule has 1 unspecified atom stereocenters. The summed E-state index contributed by atoms with van der Waals surface area (Å²) in [4.78, 5) is 6.71. The molecule has 0 radical (unpaired) electrons. The van der Waals surface area contributed by atoms with Crippen LogP contribution in [-0.4, -0.2) is 24.6 Å². The summed E-state index contributed by atoms with van der Waals surface area (Å²) in [5.41, 5.74) is 2.27. The predicted molar refractivity (Wildman–Crippen MR) is 69.9 cm³/mol. The van der Waals surface area contributed by atoms with Crippen molar-refractivity contribution in [3.05, 3.63) is 24.0 Å². The van der Waals surface area contributed by atoms with Crippen LogP contribution in [0.2, 0.25) is 0 Å². The van der Waals surface area contributed by atoms with Crippen LogP contribution in [0.15, 0.2) is 18.3 Å². The van der Waals surface area contributed by atoms with E-state index in [9.17, 15) is 0 Å². The van der Waals surface area contributed by atoms with E-state index in [-0.39, 0.29) is 0 Å². The molecule has 1 heterocycles. The molecule has 0 saturated heterocycles. The van der Waals surface area contributed by atoms with Gasteiger partial charge in [0.05, 0.1) is 17.6 Å². The SMILES string of the molecule is CCNC(C)c1ccc(N(C)C(C)C)cn1. The molecule has 1 aromatic rings. The van der Waals surface area contributed by atoms with Crippen molar-refractivity contribution in [2.75, 3.05) is 18.5 Å². The molecule has 1 aromatic heterocycles. The van der Waals surface area contributed by atoms with Gasteiger partial charge in [-0.2, -0.15) is 0 Å². The number of anilines is 1. The van der Waals surface area contributed by atoms with Crippen molar-refractivity contribution in [1.82, 2.24) is 10.3 Å². The monoisotopic (exact) mass is 221 g/mol. The minimum Gasteiger partial charge on any atom is -0.371 e. The van der Waals surface area contributed by atoms with Crippen molar-refractivity contribution >= 4 is 5.69 Å². The molecule has 0 aliphatic carbocycles. The Morgan fingerprint density at radius 1 is 1.31 bits per heavy atom. The standard InChI is InChI=1S/C13H23N3/c1-6-14-11(4)13-8-7-12(9-15-13)16(5)10(2)3/h7-11,14H,6H2,1-5H3. The van der Waals surface area contributed by atoms with E-state index in [1.165, 1.54) is 5.69 Å². The van der Waals surface area contributed by atoms with Gasteiger partial charge in [0.2, 0.25) is 0 Å². The maximum absolute atomic E-state index is 4.50. The van der Waals surface area contributed by atoms with Gasteiger partial charge in [0.15, 0.2) is 0 Å². The molecule has 0 spiro atoms. The van der Waals surface area contributed by atoms with Crippen LogP contribution in [0.3, 0.4) is 0 Å². The van der Waals surface area contributed by atoms with Gasteiger partial charge in [-0.25, -0.2) is 0 Å². The third kappa shape index (κ3) is 3.20. The molecule has 0 aliphatic heterocycles. The molecule has 1 N–H and O–H groups in total. The van der Waals surface area contributed by atoms with E-state index < -0.39 is 0 Å². The lowest BCUT2D eigenvalue weighted by Crippen LogP contribution is -2.26. The lowest BCUT2D eigenvalue weighted by molar-refractivity contribution is 0.583. The van der Waals surface area contributed by atoms with E-state index in [4.69, 9.17) is 0 Å². The molecule has 0 aliphatic rings. The fourth-order valence-corrected chi connectivity index (χ4v) is 1.57. The summed E-state index contributed by atoms with van der Waals surface area (Å²) < 4.78 is 0. The number of nitrogens with zero attached hydrogens (tertiary/aromatic N) is 2. The highest BCUT2D eigenvalue weighted by Crippen LogP contribution is 2.16. The quantitative estimate of drug-likeness (QED) is 0.828.